The SMILES string of the molecule is COCCN1C[C@@H]2C(=O)N(C)C3(CCN(S(=O)(=O)c4cccc(F)c4)CC3)[C@@H]2C1.O=C(O)C(F)(F)F. The van der Waals surface area contributed by atoms with Crippen molar-refractivity contribution in [2.24, 2.45) is 11.8 Å². The average Bonchev–Trinajstić information content (AvgIpc) is 3.32. The summed E-state index contributed by atoms with van der Waals surface area (Å²) >= 11 is 0. The number of carboxylic acid groups (broad SMARTS) is 1. The minimum atomic E-state index is -5.08. The van der Waals surface area contributed by atoms with E-state index in [1.165, 1.54) is 22.5 Å². The number of halogens is 4. The third-order valence-electron chi connectivity index (χ3n) is 7.28. The van der Waals surface area contributed by atoms with E-state index < -0.39 is 28.0 Å². The Kier molecular flexibility index (Phi) is 8.33. The lowest BCUT2D eigenvalue weighted by atomic mass is 9.75. The number of benzene rings is 1. The molecule has 3 fully saturated rings. The molecule has 9 nitrogen and oxygen atoms in total. The second-order valence-electron chi connectivity index (χ2n) is 9.13. The number of alkyl halides is 3. The van der Waals surface area contributed by atoms with Crippen molar-refractivity contribution in [3.8, 4) is 0 Å². The molecule has 2 atom stereocenters. The maximum atomic E-state index is 13.5. The number of sulfonamides is 1. The molecule has 1 spiro atoms. The van der Waals surface area contributed by atoms with Crippen molar-refractivity contribution in [2.75, 3.05) is 53.5 Å². The van der Waals surface area contributed by atoms with Crippen LogP contribution in [0.15, 0.2) is 29.2 Å². The van der Waals surface area contributed by atoms with Crippen LogP contribution >= 0.6 is 0 Å². The molecule has 1 amide bonds. The van der Waals surface area contributed by atoms with E-state index in [0.717, 1.165) is 25.7 Å². The summed E-state index contributed by atoms with van der Waals surface area (Å²) in [6.07, 6.45) is -3.88. The van der Waals surface area contributed by atoms with Crippen LogP contribution in [0.25, 0.3) is 0 Å². The summed E-state index contributed by atoms with van der Waals surface area (Å²) in [6.45, 7) is 3.67. The van der Waals surface area contributed by atoms with Gasteiger partial charge in [0.15, 0.2) is 0 Å². The fourth-order valence-corrected chi connectivity index (χ4v) is 6.87. The van der Waals surface area contributed by atoms with E-state index in [0.29, 0.717) is 32.5 Å². The van der Waals surface area contributed by atoms with Crippen LogP contribution in [0.5, 0.6) is 0 Å². The number of carbonyl (C=O) groups excluding carboxylic acids is 1. The lowest BCUT2D eigenvalue weighted by Gasteiger charge is -2.46. The Balaban J connectivity index is 0.000000454. The molecule has 3 heterocycles. The lowest BCUT2D eigenvalue weighted by Crippen LogP contribution is -2.56. The molecule has 3 aliphatic rings. The first kappa shape index (κ1) is 28.3. The summed E-state index contributed by atoms with van der Waals surface area (Å²) in [7, 11) is -0.213. The Morgan fingerprint density at radius 2 is 1.83 bits per heavy atom. The Hall–Kier alpha value is -2.29. The molecular formula is C22H29F4N3O6S. The molecular weight excluding hydrogens is 510 g/mol. The van der Waals surface area contributed by atoms with Gasteiger partial charge in [0.2, 0.25) is 15.9 Å². The molecule has 0 aliphatic carbocycles. The Morgan fingerprint density at radius 1 is 1.22 bits per heavy atom. The van der Waals surface area contributed by atoms with Gasteiger partial charge in [-0.3, -0.25) is 9.69 Å². The van der Waals surface area contributed by atoms with Crippen LogP contribution in [-0.2, 0) is 24.3 Å². The first-order valence-corrected chi connectivity index (χ1v) is 12.7. The van der Waals surface area contributed by atoms with E-state index in [1.54, 1.807) is 7.11 Å². The monoisotopic (exact) mass is 539 g/mol. The van der Waals surface area contributed by atoms with Crippen LogP contribution in [0.4, 0.5) is 17.6 Å². The summed E-state index contributed by atoms with van der Waals surface area (Å²) in [5.74, 6) is -2.98. The number of fused-ring (bicyclic) bond motifs is 2. The van der Waals surface area contributed by atoms with Crippen LogP contribution in [0.3, 0.4) is 0 Å². The Labute approximate surface area is 206 Å². The number of amides is 1. The van der Waals surface area contributed by atoms with Crippen molar-refractivity contribution in [3.63, 3.8) is 0 Å². The summed E-state index contributed by atoms with van der Waals surface area (Å²) in [5, 5.41) is 7.12. The molecule has 3 aliphatic heterocycles. The average molecular weight is 540 g/mol. The van der Waals surface area contributed by atoms with E-state index in [1.807, 2.05) is 11.9 Å². The number of methoxy groups -OCH3 is 1. The predicted octanol–water partition coefficient (Wildman–Crippen LogP) is 1.65. The van der Waals surface area contributed by atoms with Gasteiger partial charge in [0.05, 0.1) is 17.4 Å². The Bertz CT molecular complexity index is 1080. The smallest absolute Gasteiger partial charge is 0.475 e. The molecule has 0 bridgehead atoms. The number of nitrogens with zero attached hydrogens (tertiary/aromatic N) is 3. The number of likely N-dealkylation sites (tertiary alicyclic amines) is 2. The zero-order valence-corrected chi connectivity index (χ0v) is 20.7. The standard InChI is InChI=1S/C20H28FN3O4S.C2HF3O2/c1-22-19(25)17-13-23(10-11-28-2)14-18(17)20(22)6-8-24(9-7-20)29(26,27)16-5-3-4-15(21)12-16;3-2(4,5)1(6)7/h3-5,12,17-18H,6-11,13-14H2,1-2H3;(H,6,7)/t17-,18+;/m0./s1. The summed E-state index contributed by atoms with van der Waals surface area (Å²) in [5.41, 5.74) is -0.308. The van der Waals surface area contributed by atoms with Crippen molar-refractivity contribution in [1.82, 2.24) is 14.1 Å². The third kappa shape index (κ3) is 5.50. The van der Waals surface area contributed by atoms with Gasteiger partial charge in [0, 0.05) is 58.3 Å². The highest BCUT2D eigenvalue weighted by molar-refractivity contribution is 7.89. The fourth-order valence-electron chi connectivity index (χ4n) is 5.40. The number of piperidine rings is 1. The van der Waals surface area contributed by atoms with E-state index in [9.17, 15) is 30.8 Å². The maximum absolute atomic E-state index is 13.5. The second kappa shape index (κ2) is 10.6. The molecule has 1 aromatic carbocycles. The molecule has 0 unspecified atom stereocenters. The molecule has 4 rings (SSSR count). The molecule has 1 aromatic rings. The van der Waals surface area contributed by atoms with Gasteiger partial charge >= 0.3 is 12.1 Å². The number of rotatable bonds is 5. The molecule has 0 aromatic heterocycles. The van der Waals surface area contributed by atoms with Crippen molar-refractivity contribution >= 4 is 21.9 Å². The van der Waals surface area contributed by atoms with Crippen LogP contribution in [0.2, 0.25) is 0 Å². The maximum Gasteiger partial charge on any atom is 0.490 e. The van der Waals surface area contributed by atoms with Gasteiger partial charge in [-0.05, 0) is 31.0 Å². The largest absolute Gasteiger partial charge is 0.490 e. The van der Waals surface area contributed by atoms with Crippen LogP contribution in [0, 0.1) is 17.7 Å². The molecule has 202 valence electrons. The highest BCUT2D eigenvalue weighted by atomic mass is 32.2. The normalized spacial score (nSPS) is 24.5. The quantitative estimate of drug-likeness (QED) is 0.567. The number of carboxylic acids is 1. The van der Waals surface area contributed by atoms with Gasteiger partial charge in [-0.15, -0.1) is 0 Å². The minimum Gasteiger partial charge on any atom is -0.475 e. The van der Waals surface area contributed by atoms with Crippen molar-refractivity contribution < 1.29 is 45.4 Å². The molecule has 1 N–H and O–H groups in total. The second-order valence-corrected chi connectivity index (χ2v) is 11.1. The number of hydrogen-bond donors (Lipinski definition) is 1. The summed E-state index contributed by atoms with van der Waals surface area (Å²) < 4.78 is 77.8. The topological polar surface area (TPSA) is 107 Å². The molecule has 36 heavy (non-hydrogen) atoms. The zero-order chi connectivity index (χ0) is 26.9. The van der Waals surface area contributed by atoms with Gasteiger partial charge in [0.1, 0.15) is 5.82 Å². The van der Waals surface area contributed by atoms with E-state index >= 15 is 0 Å². The van der Waals surface area contributed by atoms with Gasteiger partial charge in [-0.2, -0.15) is 17.5 Å². The fraction of sp³-hybridized carbons (Fsp3) is 0.636. The van der Waals surface area contributed by atoms with Gasteiger partial charge in [0.25, 0.3) is 0 Å². The van der Waals surface area contributed by atoms with Crippen molar-refractivity contribution in [2.45, 2.75) is 29.5 Å². The van der Waals surface area contributed by atoms with Crippen LogP contribution in [0.1, 0.15) is 12.8 Å². The number of hydrogen-bond acceptors (Lipinski definition) is 6. The number of carbonyl (C=O) groups is 2. The van der Waals surface area contributed by atoms with Crippen LogP contribution in [-0.4, -0.2) is 105 Å². The van der Waals surface area contributed by atoms with E-state index in [2.05, 4.69) is 4.90 Å². The first-order valence-electron chi connectivity index (χ1n) is 11.3. The van der Waals surface area contributed by atoms with Crippen molar-refractivity contribution in [1.29, 1.82) is 0 Å². The highest BCUT2D eigenvalue weighted by Gasteiger charge is 2.60. The number of ether oxygens (including phenoxy) is 1. The molecule has 0 saturated carbocycles. The minimum absolute atomic E-state index is 0.0196. The highest BCUT2D eigenvalue weighted by Crippen LogP contribution is 2.49. The number of aliphatic carboxylic acids is 1. The van der Waals surface area contributed by atoms with Gasteiger partial charge in [-0.25, -0.2) is 17.6 Å². The third-order valence-corrected chi connectivity index (χ3v) is 9.17. The van der Waals surface area contributed by atoms with Gasteiger partial charge in [-0.1, -0.05) is 6.07 Å². The summed E-state index contributed by atoms with van der Waals surface area (Å²) in [4.78, 5) is 25.9. The molecule has 14 heteroatoms. The van der Waals surface area contributed by atoms with E-state index in [4.69, 9.17) is 14.6 Å². The molecule has 3 saturated heterocycles. The first-order chi connectivity index (χ1) is 16.7. The molecule has 0 radical (unpaired) electrons. The zero-order valence-electron chi connectivity index (χ0n) is 19.9. The van der Waals surface area contributed by atoms with E-state index in [-0.39, 0.29) is 28.2 Å². The summed E-state index contributed by atoms with van der Waals surface area (Å²) in [6, 6.07) is 5.13. The Morgan fingerprint density at radius 3 is 2.36 bits per heavy atom. The van der Waals surface area contributed by atoms with Crippen molar-refractivity contribution in [3.05, 3.63) is 30.1 Å². The predicted molar refractivity (Wildman–Crippen MR) is 119 cm³/mol. The lowest BCUT2D eigenvalue weighted by molar-refractivity contribution is -0.192. The van der Waals surface area contributed by atoms with Crippen LogP contribution < -0.4 is 0 Å². The van der Waals surface area contributed by atoms with Gasteiger partial charge < -0.3 is 14.7 Å².